The molecule has 0 saturated heterocycles. The summed E-state index contributed by atoms with van der Waals surface area (Å²) in [6, 6.07) is 0. The van der Waals surface area contributed by atoms with Crippen LogP contribution in [0.25, 0.3) is 0 Å². The highest BCUT2D eigenvalue weighted by atomic mass is 35.5. The molecule has 3 saturated carbocycles. The summed E-state index contributed by atoms with van der Waals surface area (Å²) in [6.07, 6.45) is 10.1. The highest BCUT2D eigenvalue weighted by Crippen LogP contribution is 2.69. The summed E-state index contributed by atoms with van der Waals surface area (Å²) in [5.41, 5.74) is 0.338. The maximum atomic E-state index is 12.7. The predicted molar refractivity (Wildman–Crippen MR) is 101 cm³/mol. The van der Waals surface area contributed by atoms with Crippen molar-refractivity contribution < 1.29 is 14.4 Å². The van der Waals surface area contributed by atoms with E-state index < -0.39 is 5.41 Å². The Hall–Kier alpha value is -0.960. The van der Waals surface area contributed by atoms with Crippen LogP contribution in [0.15, 0.2) is 11.6 Å². The fraction of sp³-hybridized carbons (Fsp3) is 0.773. The number of halogens is 1. The molecule has 142 valence electrons. The molecule has 0 bridgehead atoms. The summed E-state index contributed by atoms with van der Waals surface area (Å²) in [5.74, 6) is 1.67. The summed E-state index contributed by atoms with van der Waals surface area (Å²) in [4.78, 5) is 36.8. The molecule has 5 unspecified atom stereocenters. The predicted octanol–water partition coefficient (Wildman–Crippen LogP) is 4.51. The summed E-state index contributed by atoms with van der Waals surface area (Å²) < 4.78 is 0. The maximum Gasteiger partial charge on any atom is 0.161 e. The van der Waals surface area contributed by atoms with Crippen LogP contribution >= 0.6 is 11.6 Å². The molecule has 0 aromatic carbocycles. The minimum Gasteiger partial charge on any atom is -0.302 e. The van der Waals surface area contributed by atoms with E-state index in [1.165, 1.54) is 5.57 Å². The molecule has 26 heavy (non-hydrogen) atoms. The van der Waals surface area contributed by atoms with E-state index in [9.17, 15) is 14.4 Å². The van der Waals surface area contributed by atoms with Gasteiger partial charge in [-0.1, -0.05) is 19.4 Å². The van der Waals surface area contributed by atoms with Gasteiger partial charge in [-0.3, -0.25) is 9.59 Å². The van der Waals surface area contributed by atoms with E-state index in [4.69, 9.17) is 11.6 Å². The molecule has 0 aliphatic heterocycles. The van der Waals surface area contributed by atoms with Crippen molar-refractivity contribution in [3.63, 3.8) is 0 Å². The fourth-order valence-corrected chi connectivity index (χ4v) is 7.71. The molecule has 4 rings (SSSR count). The summed E-state index contributed by atoms with van der Waals surface area (Å²) >= 11 is 5.91. The molecule has 3 fully saturated rings. The number of rotatable bonds is 3. The second kappa shape index (κ2) is 6.02. The van der Waals surface area contributed by atoms with Crippen molar-refractivity contribution in [1.29, 1.82) is 0 Å². The number of hydrogen-bond donors (Lipinski definition) is 0. The lowest BCUT2D eigenvalue weighted by Gasteiger charge is -2.59. The Labute approximate surface area is 160 Å². The molecular formula is C22H29ClO3. The minimum absolute atomic E-state index is 0.0676. The van der Waals surface area contributed by atoms with Crippen molar-refractivity contribution in [2.24, 2.45) is 34.0 Å². The van der Waals surface area contributed by atoms with E-state index in [1.54, 1.807) is 0 Å². The van der Waals surface area contributed by atoms with E-state index in [0.717, 1.165) is 44.8 Å². The van der Waals surface area contributed by atoms with Crippen molar-refractivity contribution in [1.82, 2.24) is 0 Å². The highest BCUT2D eigenvalue weighted by Gasteiger charge is 2.66. The van der Waals surface area contributed by atoms with Gasteiger partial charge in [0.15, 0.2) is 11.6 Å². The van der Waals surface area contributed by atoms with Crippen molar-refractivity contribution in [3.05, 3.63) is 11.6 Å². The number of alkyl halides is 1. The number of hydrogen-bond acceptors (Lipinski definition) is 3. The third-order valence-corrected chi connectivity index (χ3v) is 9.28. The van der Waals surface area contributed by atoms with Crippen LogP contribution in [0.4, 0.5) is 0 Å². The van der Waals surface area contributed by atoms with Gasteiger partial charge >= 0.3 is 0 Å². The van der Waals surface area contributed by atoms with Gasteiger partial charge in [-0.15, -0.1) is 11.6 Å². The molecule has 0 spiro atoms. The monoisotopic (exact) mass is 376 g/mol. The van der Waals surface area contributed by atoms with Crippen LogP contribution in [-0.4, -0.2) is 23.7 Å². The van der Waals surface area contributed by atoms with Crippen molar-refractivity contribution in [2.75, 3.05) is 5.88 Å². The lowest BCUT2D eigenvalue weighted by molar-refractivity contribution is -0.147. The quantitative estimate of drug-likeness (QED) is 0.413. The number of allylic oxidation sites excluding steroid dienone is 1. The number of aldehydes is 1. The third-order valence-electron chi connectivity index (χ3n) is 9.04. The second-order valence-corrected chi connectivity index (χ2v) is 9.88. The standard InChI is InChI=1S/C22H29ClO3/c1-20-8-5-15(25)11-14(20)3-4-16-17(20)6-9-21(2)18(16)7-10-22(21,13-24)19(26)12-23/h11,13,16-18H,3-10,12H2,1-2H3/t16?,17?,18?,20?,21?,22-/m0/s1. The molecule has 4 heteroatoms. The maximum absolute atomic E-state index is 12.7. The Balaban J connectivity index is 1.71. The van der Waals surface area contributed by atoms with Crippen molar-refractivity contribution in [3.8, 4) is 0 Å². The first-order valence-corrected chi connectivity index (χ1v) is 10.7. The Morgan fingerprint density at radius 3 is 2.58 bits per heavy atom. The van der Waals surface area contributed by atoms with Crippen LogP contribution in [0.1, 0.15) is 65.2 Å². The average Bonchev–Trinajstić information content (AvgIpc) is 2.95. The van der Waals surface area contributed by atoms with Crippen LogP contribution in [0.2, 0.25) is 0 Å². The fourth-order valence-electron chi connectivity index (χ4n) is 7.47. The van der Waals surface area contributed by atoms with Gasteiger partial charge in [-0.05, 0) is 79.6 Å². The SMILES string of the molecule is CC12CCC(=O)C=C1CCC1C2CCC2(C)C1CC[C@]2(C=O)C(=O)CCl. The van der Waals surface area contributed by atoms with Crippen LogP contribution < -0.4 is 0 Å². The molecule has 4 aliphatic carbocycles. The lowest BCUT2D eigenvalue weighted by Crippen LogP contribution is -2.55. The number of carbonyl (C=O) groups is 3. The number of carbonyl (C=O) groups excluding carboxylic acids is 3. The number of Topliss-reactive ketones (excluding diaryl/α,β-unsaturated/α-hetero) is 1. The largest absolute Gasteiger partial charge is 0.302 e. The first-order chi connectivity index (χ1) is 12.3. The summed E-state index contributed by atoms with van der Waals surface area (Å²) in [7, 11) is 0. The van der Waals surface area contributed by atoms with E-state index >= 15 is 0 Å². The molecule has 3 nitrogen and oxygen atoms in total. The molecule has 6 atom stereocenters. The van der Waals surface area contributed by atoms with Crippen molar-refractivity contribution in [2.45, 2.75) is 65.2 Å². The minimum atomic E-state index is -0.885. The zero-order chi connectivity index (χ0) is 18.7. The number of fused-ring (bicyclic) bond motifs is 5. The first kappa shape index (κ1) is 18.4. The zero-order valence-corrected chi connectivity index (χ0v) is 16.6. The van der Waals surface area contributed by atoms with Gasteiger partial charge < -0.3 is 4.79 Å². The summed E-state index contributed by atoms with van der Waals surface area (Å²) in [6.45, 7) is 4.54. The van der Waals surface area contributed by atoms with E-state index in [0.29, 0.717) is 30.6 Å². The molecular weight excluding hydrogens is 348 g/mol. The molecule has 0 amide bonds. The summed E-state index contributed by atoms with van der Waals surface area (Å²) in [5, 5.41) is 0. The van der Waals surface area contributed by atoms with Crippen LogP contribution in [-0.2, 0) is 14.4 Å². The van der Waals surface area contributed by atoms with Gasteiger partial charge in [-0.2, -0.15) is 0 Å². The van der Waals surface area contributed by atoms with Crippen molar-refractivity contribution >= 4 is 29.5 Å². The Bertz CT molecular complexity index is 698. The van der Waals surface area contributed by atoms with Gasteiger partial charge in [0, 0.05) is 6.42 Å². The molecule has 0 radical (unpaired) electrons. The van der Waals surface area contributed by atoms with E-state index in [2.05, 4.69) is 13.8 Å². The van der Waals surface area contributed by atoms with Gasteiger partial charge in [-0.25, -0.2) is 0 Å². The van der Waals surface area contributed by atoms with Crippen LogP contribution in [0, 0.1) is 34.0 Å². The van der Waals surface area contributed by atoms with Gasteiger partial charge in [0.1, 0.15) is 6.29 Å². The lowest BCUT2D eigenvalue weighted by atomic mass is 9.45. The van der Waals surface area contributed by atoms with E-state index in [-0.39, 0.29) is 28.3 Å². The second-order valence-electron chi connectivity index (χ2n) is 9.61. The van der Waals surface area contributed by atoms with Crippen LogP contribution in [0.5, 0.6) is 0 Å². The molecule has 0 N–H and O–H groups in total. The molecule has 0 aromatic rings. The Morgan fingerprint density at radius 2 is 1.88 bits per heavy atom. The van der Waals surface area contributed by atoms with Gasteiger partial charge in [0.25, 0.3) is 0 Å². The first-order valence-electron chi connectivity index (χ1n) is 10.1. The molecule has 4 aliphatic rings. The van der Waals surface area contributed by atoms with Gasteiger partial charge in [0.2, 0.25) is 0 Å². The van der Waals surface area contributed by atoms with E-state index in [1.807, 2.05) is 6.08 Å². The molecule has 0 aromatic heterocycles. The smallest absolute Gasteiger partial charge is 0.161 e. The zero-order valence-electron chi connectivity index (χ0n) is 15.9. The number of ketones is 2. The Morgan fingerprint density at radius 1 is 1.15 bits per heavy atom. The third kappa shape index (κ3) is 2.16. The van der Waals surface area contributed by atoms with Gasteiger partial charge in [0.05, 0.1) is 11.3 Å². The molecule has 0 heterocycles. The average molecular weight is 377 g/mol. The normalized spacial score (nSPS) is 47.4. The highest BCUT2D eigenvalue weighted by molar-refractivity contribution is 6.30. The topological polar surface area (TPSA) is 51.2 Å². The van der Waals surface area contributed by atoms with Crippen LogP contribution in [0.3, 0.4) is 0 Å². The Kier molecular flexibility index (Phi) is 4.26.